The molecule has 0 bridgehead atoms. The normalized spacial score (nSPS) is 12.0. The Morgan fingerprint density at radius 3 is 1.58 bits per heavy atom. The van der Waals surface area contributed by atoms with Crippen molar-refractivity contribution in [3.63, 3.8) is 0 Å². The quantitative estimate of drug-likeness (QED) is 0.416. The summed E-state index contributed by atoms with van der Waals surface area (Å²) in [6, 6.07) is 0. The molecule has 4 N–H and O–H groups in total. The molecular formula is C8H16O4. The van der Waals surface area contributed by atoms with E-state index in [2.05, 4.69) is 6.58 Å². The Kier molecular flexibility index (Phi) is 15.0. The van der Waals surface area contributed by atoms with Gasteiger partial charge in [-0.25, -0.2) is 0 Å². The van der Waals surface area contributed by atoms with Crippen LogP contribution in [0, 0.1) is 0 Å². The minimum absolute atomic E-state index is 0.0144. The number of hydrogen-bond acceptors (Lipinski definition) is 4. The van der Waals surface area contributed by atoms with Crippen LogP contribution in [0.25, 0.3) is 0 Å². The summed E-state index contributed by atoms with van der Waals surface area (Å²) in [6.07, 6.45) is 3.50. The van der Waals surface area contributed by atoms with E-state index < -0.39 is 6.10 Å². The second-order valence-electron chi connectivity index (χ2n) is 1.82. The molecule has 1 atom stereocenters. The molecule has 0 amide bonds. The van der Waals surface area contributed by atoms with E-state index in [-0.39, 0.29) is 19.8 Å². The van der Waals surface area contributed by atoms with Gasteiger partial charge in [-0.05, 0) is 0 Å². The molecule has 4 nitrogen and oxygen atoms in total. The lowest BCUT2D eigenvalue weighted by molar-refractivity contribution is 0.131. The Morgan fingerprint density at radius 2 is 1.50 bits per heavy atom. The second kappa shape index (κ2) is 12.9. The molecular weight excluding hydrogens is 160 g/mol. The number of aliphatic hydroxyl groups excluding tert-OH is 4. The monoisotopic (exact) mass is 176 g/mol. The van der Waals surface area contributed by atoms with Crippen molar-refractivity contribution in [2.45, 2.75) is 6.10 Å². The van der Waals surface area contributed by atoms with E-state index in [1.807, 2.05) is 0 Å². The molecule has 0 saturated carbocycles. The standard InChI is InChI=1S/2C4H8O2/c1-2-4(6)3-5;5-3-1-2-4-6/h2,4-6H,1,3H2;1-2,5-6H,3-4H2/b;2-1+. The fourth-order valence-corrected chi connectivity index (χ4v) is 0.224. The predicted octanol–water partition coefficient (Wildman–Crippen LogP) is -0.947. The van der Waals surface area contributed by atoms with Crippen molar-refractivity contribution in [3.05, 3.63) is 24.8 Å². The highest BCUT2D eigenvalue weighted by Gasteiger charge is 1.87. The largest absolute Gasteiger partial charge is 0.393 e. The van der Waals surface area contributed by atoms with Gasteiger partial charge in [-0.15, -0.1) is 6.58 Å². The highest BCUT2D eigenvalue weighted by molar-refractivity contribution is 4.79. The van der Waals surface area contributed by atoms with Crippen LogP contribution >= 0.6 is 0 Å². The minimum Gasteiger partial charge on any atom is -0.393 e. The first kappa shape index (κ1) is 13.9. The number of rotatable bonds is 4. The lowest BCUT2D eigenvalue weighted by Crippen LogP contribution is -2.05. The van der Waals surface area contributed by atoms with E-state index in [0.717, 1.165) is 0 Å². The van der Waals surface area contributed by atoms with Gasteiger partial charge in [0.2, 0.25) is 0 Å². The van der Waals surface area contributed by atoms with Crippen LogP contribution in [0.3, 0.4) is 0 Å². The fourth-order valence-electron chi connectivity index (χ4n) is 0.224. The van der Waals surface area contributed by atoms with Crippen LogP contribution in [0.4, 0.5) is 0 Å². The molecule has 0 saturated heterocycles. The Hall–Kier alpha value is -0.680. The van der Waals surface area contributed by atoms with Gasteiger partial charge in [0.05, 0.1) is 25.9 Å². The maximum absolute atomic E-state index is 8.30. The molecule has 0 heterocycles. The van der Waals surface area contributed by atoms with E-state index in [0.29, 0.717) is 0 Å². The second-order valence-corrected chi connectivity index (χ2v) is 1.82. The summed E-state index contributed by atoms with van der Waals surface area (Å²) in [5.41, 5.74) is 0. The number of hydrogen-bond donors (Lipinski definition) is 4. The van der Waals surface area contributed by atoms with Crippen LogP contribution in [0.1, 0.15) is 0 Å². The molecule has 0 aliphatic heterocycles. The molecule has 1 unspecified atom stereocenters. The molecule has 0 aliphatic rings. The average molecular weight is 176 g/mol. The van der Waals surface area contributed by atoms with Crippen LogP contribution in [-0.2, 0) is 0 Å². The molecule has 72 valence electrons. The maximum atomic E-state index is 8.30. The molecule has 0 aliphatic carbocycles. The van der Waals surface area contributed by atoms with Crippen molar-refractivity contribution in [2.24, 2.45) is 0 Å². The number of aliphatic hydroxyl groups is 4. The van der Waals surface area contributed by atoms with Gasteiger partial charge in [-0.3, -0.25) is 0 Å². The molecule has 0 spiro atoms. The van der Waals surface area contributed by atoms with Gasteiger partial charge in [-0.2, -0.15) is 0 Å². The highest BCUT2D eigenvalue weighted by Crippen LogP contribution is 1.75. The summed E-state index contributed by atoms with van der Waals surface area (Å²) in [7, 11) is 0. The van der Waals surface area contributed by atoms with Gasteiger partial charge in [0.25, 0.3) is 0 Å². The van der Waals surface area contributed by atoms with E-state index in [1.54, 1.807) is 0 Å². The first-order chi connectivity index (χ1) is 5.72. The SMILES string of the molecule is C=CC(O)CO.OC/C=C/CO. The summed E-state index contributed by atoms with van der Waals surface area (Å²) >= 11 is 0. The van der Waals surface area contributed by atoms with Gasteiger partial charge in [0, 0.05) is 0 Å². The van der Waals surface area contributed by atoms with Crippen LogP contribution in [-0.4, -0.2) is 46.4 Å². The lowest BCUT2D eigenvalue weighted by atomic mass is 10.4. The first-order valence-electron chi connectivity index (χ1n) is 3.51. The molecule has 12 heavy (non-hydrogen) atoms. The maximum Gasteiger partial charge on any atom is 0.0949 e. The van der Waals surface area contributed by atoms with Gasteiger partial charge in [-0.1, -0.05) is 18.2 Å². The Bertz CT molecular complexity index is 106. The first-order valence-corrected chi connectivity index (χ1v) is 3.51. The van der Waals surface area contributed by atoms with Crippen LogP contribution < -0.4 is 0 Å². The van der Waals surface area contributed by atoms with Crippen molar-refractivity contribution in [3.8, 4) is 0 Å². The van der Waals surface area contributed by atoms with Crippen molar-refractivity contribution in [1.29, 1.82) is 0 Å². The van der Waals surface area contributed by atoms with Gasteiger partial charge < -0.3 is 20.4 Å². The van der Waals surface area contributed by atoms with E-state index >= 15 is 0 Å². The zero-order chi connectivity index (χ0) is 9.82. The van der Waals surface area contributed by atoms with Crippen LogP contribution in [0.15, 0.2) is 24.8 Å². The fraction of sp³-hybridized carbons (Fsp3) is 0.500. The summed E-state index contributed by atoms with van der Waals surface area (Å²) in [5, 5.41) is 32.3. The molecule has 0 radical (unpaired) electrons. The highest BCUT2D eigenvalue weighted by atomic mass is 16.3. The molecule has 0 rings (SSSR count). The molecule has 0 aromatic rings. The third kappa shape index (κ3) is 16.2. The van der Waals surface area contributed by atoms with E-state index in [1.165, 1.54) is 18.2 Å². The lowest BCUT2D eigenvalue weighted by Gasteiger charge is -1.93. The zero-order valence-electron chi connectivity index (χ0n) is 6.93. The van der Waals surface area contributed by atoms with Crippen molar-refractivity contribution in [1.82, 2.24) is 0 Å². The molecule has 0 aromatic carbocycles. The summed E-state index contributed by atoms with van der Waals surface area (Å²) in [6.45, 7) is 3.02. The van der Waals surface area contributed by atoms with Crippen molar-refractivity contribution in [2.75, 3.05) is 19.8 Å². The summed E-state index contributed by atoms with van der Waals surface area (Å²) in [5.74, 6) is 0. The summed E-state index contributed by atoms with van der Waals surface area (Å²) in [4.78, 5) is 0. The molecule has 4 heteroatoms. The van der Waals surface area contributed by atoms with Crippen LogP contribution in [0.5, 0.6) is 0 Å². The summed E-state index contributed by atoms with van der Waals surface area (Å²) < 4.78 is 0. The van der Waals surface area contributed by atoms with Crippen molar-refractivity contribution < 1.29 is 20.4 Å². The average Bonchev–Trinajstić information content (AvgIpc) is 2.14. The van der Waals surface area contributed by atoms with E-state index in [4.69, 9.17) is 20.4 Å². The van der Waals surface area contributed by atoms with Gasteiger partial charge >= 0.3 is 0 Å². The Balaban J connectivity index is 0. The topological polar surface area (TPSA) is 80.9 Å². The zero-order valence-corrected chi connectivity index (χ0v) is 6.93. The van der Waals surface area contributed by atoms with Crippen LogP contribution in [0.2, 0.25) is 0 Å². The Labute approximate surface area is 72.1 Å². The third-order valence-corrected chi connectivity index (χ3v) is 0.837. The molecule has 0 fully saturated rings. The Morgan fingerprint density at radius 1 is 1.08 bits per heavy atom. The third-order valence-electron chi connectivity index (χ3n) is 0.837. The predicted molar refractivity (Wildman–Crippen MR) is 46.6 cm³/mol. The molecule has 0 aromatic heterocycles. The van der Waals surface area contributed by atoms with E-state index in [9.17, 15) is 0 Å². The van der Waals surface area contributed by atoms with Crippen molar-refractivity contribution >= 4 is 0 Å². The van der Waals surface area contributed by atoms with Gasteiger partial charge in [0.1, 0.15) is 0 Å². The minimum atomic E-state index is -0.745. The van der Waals surface area contributed by atoms with Gasteiger partial charge in [0.15, 0.2) is 0 Å². The smallest absolute Gasteiger partial charge is 0.0949 e.